The third kappa shape index (κ3) is 3.37. The minimum Gasteiger partial charge on any atom is -0.436 e. The van der Waals surface area contributed by atoms with Crippen molar-refractivity contribution in [2.75, 3.05) is 0 Å². The van der Waals surface area contributed by atoms with Crippen LogP contribution in [0.2, 0.25) is 5.15 Å². The molecule has 0 aromatic carbocycles. The highest BCUT2D eigenvalue weighted by Crippen LogP contribution is 2.28. The van der Waals surface area contributed by atoms with Crippen molar-refractivity contribution in [3.05, 3.63) is 65.2 Å². The second kappa shape index (κ2) is 6.77. The van der Waals surface area contributed by atoms with Crippen LogP contribution in [0.25, 0.3) is 16.8 Å². The summed E-state index contributed by atoms with van der Waals surface area (Å²) in [5.41, 5.74) is 3.48. The Bertz CT molecular complexity index is 1150. The zero-order valence-corrected chi connectivity index (χ0v) is 15.3. The summed E-state index contributed by atoms with van der Waals surface area (Å²) >= 11 is 6.13. The molecule has 0 amide bonds. The lowest BCUT2D eigenvalue weighted by atomic mass is 10.1. The maximum atomic E-state index is 11.5. The summed E-state index contributed by atoms with van der Waals surface area (Å²) in [6.45, 7) is 3.31. The standard InChI is InChI=1S/C19H14ClN5O2/c1-11-3-8-18(24-23-11)27-13-4-7-17-15(9-21-25(17)10-13)16-6-5-14(12(2)26)19(20)22-16/h3-10H,1-2H3. The first kappa shape index (κ1) is 17.1. The molecule has 0 aliphatic heterocycles. The van der Waals surface area contributed by atoms with Crippen LogP contribution in [0.3, 0.4) is 0 Å². The van der Waals surface area contributed by atoms with Crippen LogP contribution in [0.15, 0.2) is 48.8 Å². The molecule has 27 heavy (non-hydrogen) atoms. The van der Waals surface area contributed by atoms with Crippen molar-refractivity contribution in [1.29, 1.82) is 0 Å². The predicted molar refractivity (Wildman–Crippen MR) is 100 cm³/mol. The summed E-state index contributed by atoms with van der Waals surface area (Å²) in [5.74, 6) is 0.855. The molecule has 0 fully saturated rings. The Kier molecular flexibility index (Phi) is 4.29. The fourth-order valence-electron chi connectivity index (χ4n) is 2.63. The Morgan fingerprint density at radius 2 is 1.96 bits per heavy atom. The number of aryl methyl sites for hydroxylation is 1. The van der Waals surface area contributed by atoms with Gasteiger partial charge in [-0.1, -0.05) is 11.6 Å². The molecule has 0 unspecified atom stereocenters. The number of fused-ring (bicyclic) bond motifs is 1. The van der Waals surface area contributed by atoms with E-state index >= 15 is 0 Å². The second-order valence-electron chi connectivity index (χ2n) is 5.96. The molecule has 0 saturated carbocycles. The van der Waals surface area contributed by atoms with Gasteiger partial charge in [0, 0.05) is 11.6 Å². The van der Waals surface area contributed by atoms with Gasteiger partial charge in [-0.25, -0.2) is 9.50 Å². The van der Waals surface area contributed by atoms with Crippen LogP contribution in [0.4, 0.5) is 0 Å². The van der Waals surface area contributed by atoms with E-state index in [9.17, 15) is 4.79 Å². The number of hydrogen-bond donors (Lipinski definition) is 0. The Balaban J connectivity index is 1.67. The highest BCUT2D eigenvalue weighted by Gasteiger charge is 2.13. The van der Waals surface area contributed by atoms with Crippen LogP contribution >= 0.6 is 11.6 Å². The highest BCUT2D eigenvalue weighted by molar-refractivity contribution is 6.32. The van der Waals surface area contributed by atoms with E-state index in [2.05, 4.69) is 20.3 Å². The van der Waals surface area contributed by atoms with Crippen LogP contribution in [-0.4, -0.2) is 30.6 Å². The van der Waals surface area contributed by atoms with Gasteiger partial charge in [0.2, 0.25) is 5.88 Å². The molecule has 134 valence electrons. The fraction of sp³-hybridized carbons (Fsp3) is 0.105. The van der Waals surface area contributed by atoms with Gasteiger partial charge in [-0.2, -0.15) is 10.2 Å². The first-order valence-electron chi connectivity index (χ1n) is 8.15. The van der Waals surface area contributed by atoms with Crippen molar-refractivity contribution >= 4 is 22.9 Å². The number of ether oxygens (including phenoxy) is 1. The lowest BCUT2D eigenvalue weighted by molar-refractivity contribution is 0.101. The van der Waals surface area contributed by atoms with E-state index in [0.717, 1.165) is 16.8 Å². The van der Waals surface area contributed by atoms with Gasteiger partial charge in [0.05, 0.1) is 34.9 Å². The number of hydrogen-bond acceptors (Lipinski definition) is 6. The van der Waals surface area contributed by atoms with Gasteiger partial charge in [-0.15, -0.1) is 5.10 Å². The summed E-state index contributed by atoms with van der Waals surface area (Å²) < 4.78 is 7.39. The number of carbonyl (C=O) groups excluding carboxylic acids is 1. The fourth-order valence-corrected chi connectivity index (χ4v) is 2.92. The topological polar surface area (TPSA) is 82.3 Å². The van der Waals surface area contributed by atoms with Crippen LogP contribution in [0, 0.1) is 6.92 Å². The smallest absolute Gasteiger partial charge is 0.238 e. The Morgan fingerprint density at radius 3 is 2.67 bits per heavy atom. The van der Waals surface area contributed by atoms with Gasteiger partial charge in [0.25, 0.3) is 0 Å². The molecule has 0 bridgehead atoms. The minimum absolute atomic E-state index is 0.125. The molecule has 0 atom stereocenters. The first-order valence-corrected chi connectivity index (χ1v) is 8.52. The highest BCUT2D eigenvalue weighted by atomic mass is 35.5. The maximum Gasteiger partial charge on any atom is 0.238 e. The lowest BCUT2D eigenvalue weighted by Crippen LogP contribution is -1.96. The van der Waals surface area contributed by atoms with E-state index in [1.165, 1.54) is 6.92 Å². The van der Waals surface area contributed by atoms with Crippen molar-refractivity contribution in [2.45, 2.75) is 13.8 Å². The van der Waals surface area contributed by atoms with Gasteiger partial charge in [-0.05, 0) is 44.2 Å². The van der Waals surface area contributed by atoms with E-state index in [0.29, 0.717) is 22.9 Å². The summed E-state index contributed by atoms with van der Waals surface area (Å²) in [6, 6.07) is 10.7. The van der Waals surface area contributed by atoms with Crippen molar-refractivity contribution in [3.8, 4) is 22.9 Å². The second-order valence-corrected chi connectivity index (χ2v) is 6.32. The number of carbonyl (C=O) groups is 1. The molecule has 4 heterocycles. The largest absolute Gasteiger partial charge is 0.436 e. The Hall–Kier alpha value is -3.32. The normalized spacial score (nSPS) is 10.9. The molecule has 0 saturated heterocycles. The molecule has 0 spiro atoms. The molecule has 4 aromatic heterocycles. The van der Waals surface area contributed by atoms with Gasteiger partial charge in [0.15, 0.2) is 5.78 Å². The molecule has 0 radical (unpaired) electrons. The monoisotopic (exact) mass is 379 g/mol. The lowest BCUT2D eigenvalue weighted by Gasteiger charge is -2.06. The number of aromatic nitrogens is 5. The minimum atomic E-state index is -0.125. The van der Waals surface area contributed by atoms with Crippen LogP contribution in [-0.2, 0) is 0 Å². The number of rotatable bonds is 4. The zero-order chi connectivity index (χ0) is 19.0. The van der Waals surface area contributed by atoms with Crippen LogP contribution in [0.1, 0.15) is 23.0 Å². The van der Waals surface area contributed by atoms with Crippen LogP contribution in [0.5, 0.6) is 11.6 Å². The number of ketones is 1. The van der Waals surface area contributed by atoms with E-state index in [-0.39, 0.29) is 10.9 Å². The third-order valence-electron chi connectivity index (χ3n) is 3.99. The molecular formula is C19H14ClN5O2. The zero-order valence-electron chi connectivity index (χ0n) is 14.5. The van der Waals surface area contributed by atoms with E-state index in [1.807, 2.05) is 25.1 Å². The summed E-state index contributed by atoms with van der Waals surface area (Å²) in [6.07, 6.45) is 3.43. The van der Waals surface area contributed by atoms with Crippen molar-refractivity contribution in [2.24, 2.45) is 0 Å². The molecule has 0 N–H and O–H groups in total. The molecular weight excluding hydrogens is 366 g/mol. The summed E-state index contributed by atoms with van der Waals surface area (Å²) in [4.78, 5) is 15.8. The summed E-state index contributed by atoms with van der Waals surface area (Å²) in [5, 5.41) is 12.5. The molecule has 0 aliphatic carbocycles. The average molecular weight is 380 g/mol. The number of halogens is 1. The summed E-state index contributed by atoms with van der Waals surface area (Å²) in [7, 11) is 0. The van der Waals surface area contributed by atoms with Crippen molar-refractivity contribution in [1.82, 2.24) is 24.8 Å². The molecule has 0 aliphatic rings. The third-order valence-corrected chi connectivity index (χ3v) is 4.28. The van der Waals surface area contributed by atoms with E-state index in [1.54, 1.807) is 35.1 Å². The van der Waals surface area contributed by atoms with E-state index < -0.39 is 0 Å². The predicted octanol–water partition coefficient (Wildman–Crippen LogP) is 4.14. The van der Waals surface area contributed by atoms with Gasteiger partial charge in [0.1, 0.15) is 10.9 Å². The number of Topliss-reactive ketones (excluding diaryl/α,β-unsaturated/α-hetero) is 1. The van der Waals surface area contributed by atoms with Crippen molar-refractivity contribution < 1.29 is 9.53 Å². The molecule has 4 rings (SSSR count). The Labute approximate surface area is 159 Å². The SMILES string of the molecule is CC(=O)c1ccc(-c2cnn3cc(Oc4ccc(C)nn4)ccc23)nc1Cl. The maximum absolute atomic E-state index is 11.5. The molecule has 7 nitrogen and oxygen atoms in total. The average Bonchev–Trinajstić information content (AvgIpc) is 3.06. The van der Waals surface area contributed by atoms with Gasteiger partial charge in [-0.3, -0.25) is 4.79 Å². The quantitative estimate of drug-likeness (QED) is 0.391. The number of nitrogens with zero attached hydrogens (tertiary/aromatic N) is 5. The first-order chi connectivity index (χ1) is 13.0. The number of pyridine rings is 2. The van der Waals surface area contributed by atoms with E-state index in [4.69, 9.17) is 16.3 Å². The van der Waals surface area contributed by atoms with Crippen molar-refractivity contribution in [3.63, 3.8) is 0 Å². The van der Waals surface area contributed by atoms with Gasteiger partial charge < -0.3 is 4.74 Å². The Morgan fingerprint density at radius 1 is 1.11 bits per heavy atom. The molecule has 4 aromatic rings. The molecule has 8 heteroatoms. The van der Waals surface area contributed by atoms with Crippen LogP contribution < -0.4 is 4.74 Å². The van der Waals surface area contributed by atoms with Gasteiger partial charge >= 0.3 is 0 Å².